The maximum absolute atomic E-state index is 12.3. The SMILES string of the molecule is Cc1cnc(C(=O)N[C@@H]2CC(=O)N(C)[C@H]2c2cccnc2)cn1. The van der Waals surface area contributed by atoms with E-state index in [1.807, 2.05) is 12.1 Å². The fourth-order valence-electron chi connectivity index (χ4n) is 2.76. The molecule has 1 aliphatic rings. The summed E-state index contributed by atoms with van der Waals surface area (Å²) < 4.78 is 0. The summed E-state index contributed by atoms with van der Waals surface area (Å²) in [7, 11) is 1.73. The van der Waals surface area contributed by atoms with Gasteiger partial charge in [0, 0.05) is 32.1 Å². The largest absolute Gasteiger partial charge is 0.345 e. The number of carbonyl (C=O) groups excluding carboxylic acids is 2. The lowest BCUT2D eigenvalue weighted by Gasteiger charge is -2.25. The van der Waals surface area contributed by atoms with Crippen molar-refractivity contribution < 1.29 is 9.59 Å². The number of aryl methyl sites for hydroxylation is 1. The van der Waals surface area contributed by atoms with E-state index in [9.17, 15) is 9.59 Å². The summed E-state index contributed by atoms with van der Waals surface area (Å²) in [5.41, 5.74) is 1.87. The minimum Gasteiger partial charge on any atom is -0.345 e. The number of amides is 2. The zero-order chi connectivity index (χ0) is 16.4. The molecule has 2 amide bonds. The van der Waals surface area contributed by atoms with Crippen molar-refractivity contribution in [3.8, 4) is 0 Å². The van der Waals surface area contributed by atoms with Crippen molar-refractivity contribution in [2.45, 2.75) is 25.4 Å². The third kappa shape index (κ3) is 3.03. The third-order valence-electron chi connectivity index (χ3n) is 3.94. The molecule has 0 unspecified atom stereocenters. The predicted molar refractivity (Wildman–Crippen MR) is 82.4 cm³/mol. The predicted octanol–water partition coefficient (Wildman–Crippen LogP) is 0.882. The van der Waals surface area contributed by atoms with Crippen LogP contribution < -0.4 is 5.32 Å². The minimum absolute atomic E-state index is 0.0147. The van der Waals surface area contributed by atoms with Crippen LogP contribution in [0, 0.1) is 6.92 Å². The van der Waals surface area contributed by atoms with Crippen LogP contribution in [0.25, 0.3) is 0 Å². The monoisotopic (exact) mass is 311 g/mol. The molecule has 1 N–H and O–H groups in total. The molecular formula is C16H17N5O2. The van der Waals surface area contributed by atoms with Crippen molar-refractivity contribution in [1.82, 2.24) is 25.2 Å². The van der Waals surface area contributed by atoms with Gasteiger partial charge in [0.15, 0.2) is 0 Å². The van der Waals surface area contributed by atoms with Crippen molar-refractivity contribution in [3.05, 3.63) is 53.9 Å². The quantitative estimate of drug-likeness (QED) is 0.909. The number of hydrogen-bond donors (Lipinski definition) is 1. The smallest absolute Gasteiger partial charge is 0.271 e. The van der Waals surface area contributed by atoms with Crippen LogP contribution in [0.15, 0.2) is 36.9 Å². The second-order valence-electron chi connectivity index (χ2n) is 5.56. The fraction of sp³-hybridized carbons (Fsp3) is 0.312. The van der Waals surface area contributed by atoms with Gasteiger partial charge >= 0.3 is 0 Å². The fourth-order valence-corrected chi connectivity index (χ4v) is 2.76. The van der Waals surface area contributed by atoms with E-state index in [2.05, 4.69) is 20.3 Å². The number of likely N-dealkylation sites (tertiary alicyclic amines) is 1. The Kier molecular flexibility index (Phi) is 4.01. The third-order valence-corrected chi connectivity index (χ3v) is 3.94. The van der Waals surface area contributed by atoms with Crippen molar-refractivity contribution >= 4 is 11.8 Å². The van der Waals surface area contributed by atoms with Gasteiger partial charge in [-0.15, -0.1) is 0 Å². The van der Waals surface area contributed by atoms with Crippen LogP contribution in [0.2, 0.25) is 0 Å². The Hall–Kier alpha value is -2.83. The first kappa shape index (κ1) is 15.1. The van der Waals surface area contributed by atoms with E-state index in [4.69, 9.17) is 0 Å². The first-order chi connectivity index (χ1) is 11.1. The molecule has 0 spiro atoms. The summed E-state index contributed by atoms with van der Waals surface area (Å²) in [6, 6.07) is 3.15. The molecular weight excluding hydrogens is 294 g/mol. The van der Waals surface area contributed by atoms with Gasteiger partial charge in [0.1, 0.15) is 5.69 Å². The van der Waals surface area contributed by atoms with Gasteiger partial charge in [-0.3, -0.25) is 19.6 Å². The number of pyridine rings is 1. The Bertz CT molecular complexity index is 717. The molecule has 118 valence electrons. The lowest BCUT2D eigenvalue weighted by molar-refractivity contribution is -0.127. The summed E-state index contributed by atoms with van der Waals surface area (Å²) in [6.07, 6.45) is 6.62. The van der Waals surface area contributed by atoms with E-state index in [1.165, 1.54) is 6.20 Å². The molecule has 2 aromatic heterocycles. The van der Waals surface area contributed by atoms with Crippen LogP contribution in [0.5, 0.6) is 0 Å². The lowest BCUT2D eigenvalue weighted by Crippen LogP contribution is -2.39. The topological polar surface area (TPSA) is 88.1 Å². The van der Waals surface area contributed by atoms with Gasteiger partial charge in [-0.05, 0) is 18.6 Å². The van der Waals surface area contributed by atoms with Crippen LogP contribution in [-0.2, 0) is 4.79 Å². The zero-order valence-corrected chi connectivity index (χ0v) is 12.9. The zero-order valence-electron chi connectivity index (χ0n) is 12.9. The van der Waals surface area contributed by atoms with Crippen molar-refractivity contribution in [2.24, 2.45) is 0 Å². The number of rotatable bonds is 3. The molecule has 7 nitrogen and oxygen atoms in total. The normalized spacial score (nSPS) is 20.6. The average Bonchev–Trinajstić information content (AvgIpc) is 2.83. The molecule has 0 aliphatic carbocycles. The van der Waals surface area contributed by atoms with Crippen LogP contribution in [0.1, 0.15) is 34.2 Å². The number of hydrogen-bond acceptors (Lipinski definition) is 5. The van der Waals surface area contributed by atoms with Crippen LogP contribution in [0.4, 0.5) is 0 Å². The van der Waals surface area contributed by atoms with E-state index < -0.39 is 0 Å². The van der Waals surface area contributed by atoms with E-state index >= 15 is 0 Å². The highest BCUT2D eigenvalue weighted by Gasteiger charge is 2.39. The molecule has 0 bridgehead atoms. The molecule has 23 heavy (non-hydrogen) atoms. The van der Waals surface area contributed by atoms with Crippen molar-refractivity contribution in [3.63, 3.8) is 0 Å². The summed E-state index contributed by atoms with van der Waals surface area (Å²) in [5, 5.41) is 2.89. The van der Waals surface area contributed by atoms with Gasteiger partial charge < -0.3 is 10.2 Å². The lowest BCUT2D eigenvalue weighted by atomic mass is 10.0. The first-order valence-corrected chi connectivity index (χ1v) is 7.31. The Morgan fingerprint density at radius 2 is 2.13 bits per heavy atom. The summed E-state index contributed by atoms with van der Waals surface area (Å²) in [5.74, 6) is -0.348. The molecule has 1 saturated heterocycles. The molecule has 1 fully saturated rings. The van der Waals surface area contributed by atoms with E-state index in [0.717, 1.165) is 11.3 Å². The maximum atomic E-state index is 12.3. The number of aromatic nitrogens is 3. The van der Waals surface area contributed by atoms with E-state index in [1.54, 1.807) is 37.5 Å². The highest BCUT2D eigenvalue weighted by molar-refractivity contribution is 5.93. The van der Waals surface area contributed by atoms with Crippen molar-refractivity contribution in [1.29, 1.82) is 0 Å². The second-order valence-corrected chi connectivity index (χ2v) is 5.56. The highest BCUT2D eigenvalue weighted by atomic mass is 16.2. The standard InChI is InChI=1S/C16H17N5O2/c1-10-7-19-13(9-18-10)16(23)20-12-6-14(22)21(2)15(12)11-4-3-5-17-8-11/h3-5,7-9,12,15H,6H2,1-2H3,(H,20,23)/t12-,15+/m1/s1. The summed E-state index contributed by atoms with van der Waals surface area (Å²) in [4.78, 5) is 38.3. The number of nitrogens with one attached hydrogen (secondary N) is 1. The Morgan fingerprint density at radius 3 is 2.78 bits per heavy atom. The van der Waals surface area contributed by atoms with Gasteiger partial charge in [-0.25, -0.2) is 4.98 Å². The maximum Gasteiger partial charge on any atom is 0.271 e. The second kappa shape index (κ2) is 6.12. The van der Waals surface area contributed by atoms with Gasteiger partial charge in [0.2, 0.25) is 5.91 Å². The highest BCUT2D eigenvalue weighted by Crippen LogP contribution is 2.31. The van der Waals surface area contributed by atoms with Gasteiger partial charge in [-0.1, -0.05) is 6.07 Å². The number of likely N-dealkylation sites (N-methyl/N-ethyl adjacent to an activating group) is 1. The van der Waals surface area contributed by atoms with Gasteiger partial charge in [0.25, 0.3) is 5.91 Å². The van der Waals surface area contributed by atoms with Crippen molar-refractivity contribution in [2.75, 3.05) is 7.05 Å². The van der Waals surface area contributed by atoms with Crippen LogP contribution in [0.3, 0.4) is 0 Å². The molecule has 1 aliphatic heterocycles. The molecule has 3 heterocycles. The molecule has 0 radical (unpaired) electrons. The Balaban J connectivity index is 1.81. The average molecular weight is 311 g/mol. The van der Waals surface area contributed by atoms with E-state index in [0.29, 0.717) is 0 Å². The minimum atomic E-state index is -0.334. The van der Waals surface area contributed by atoms with Crippen LogP contribution in [-0.4, -0.2) is 44.8 Å². The molecule has 2 aromatic rings. The van der Waals surface area contributed by atoms with Gasteiger partial charge in [0.05, 0.1) is 24.0 Å². The molecule has 0 saturated carbocycles. The van der Waals surface area contributed by atoms with E-state index in [-0.39, 0.29) is 36.0 Å². The number of nitrogens with zero attached hydrogens (tertiary/aromatic N) is 4. The Morgan fingerprint density at radius 1 is 1.30 bits per heavy atom. The van der Waals surface area contributed by atoms with Crippen LogP contribution >= 0.6 is 0 Å². The van der Waals surface area contributed by atoms with Gasteiger partial charge in [-0.2, -0.15) is 0 Å². The molecule has 7 heteroatoms. The summed E-state index contributed by atoms with van der Waals surface area (Å²) >= 11 is 0. The molecule has 0 aromatic carbocycles. The summed E-state index contributed by atoms with van der Waals surface area (Å²) in [6.45, 7) is 1.80. The first-order valence-electron chi connectivity index (χ1n) is 7.31. The molecule has 3 rings (SSSR count). The number of carbonyl (C=O) groups is 2. The molecule has 2 atom stereocenters. The Labute approximate surface area is 133 Å².